The number of rotatable bonds is 2. The molecular weight excluding hydrogens is 340 g/mol. The maximum Gasteiger partial charge on any atom is 0.255 e. The third-order valence-corrected chi connectivity index (χ3v) is 4.98. The van der Waals surface area contributed by atoms with Crippen LogP contribution in [-0.4, -0.2) is 27.2 Å². The molecule has 4 N–H and O–H groups in total. The Morgan fingerprint density at radius 3 is 2.76 bits per heavy atom. The minimum atomic E-state index is -0.940. The van der Waals surface area contributed by atoms with Gasteiger partial charge in [0, 0.05) is 5.41 Å². The Hall–Kier alpha value is -2.57. The number of anilines is 2. The van der Waals surface area contributed by atoms with E-state index in [2.05, 4.69) is 20.6 Å². The molecule has 0 saturated carbocycles. The van der Waals surface area contributed by atoms with Crippen molar-refractivity contribution in [2.24, 2.45) is 0 Å². The number of aromatic amines is 1. The summed E-state index contributed by atoms with van der Waals surface area (Å²) in [6, 6.07) is 11.1. The van der Waals surface area contributed by atoms with Gasteiger partial charge in [-0.05, 0) is 23.8 Å². The SMILES string of the molecule is CC1(C)c2ccc3[nH]c(Nc4ccccc4Cl)nc3c2C(=O)NC1O. The Labute approximate surface area is 149 Å². The molecule has 0 spiro atoms. The number of aliphatic hydroxyl groups is 1. The second-order valence-corrected chi connectivity index (χ2v) is 7.08. The predicted octanol–water partition coefficient (Wildman–Crippen LogP) is 3.30. The van der Waals surface area contributed by atoms with Crippen LogP contribution in [0.4, 0.5) is 11.6 Å². The predicted molar refractivity (Wildman–Crippen MR) is 97.3 cm³/mol. The van der Waals surface area contributed by atoms with Crippen molar-refractivity contribution >= 4 is 40.2 Å². The van der Waals surface area contributed by atoms with Gasteiger partial charge in [0.2, 0.25) is 5.95 Å². The number of halogens is 1. The molecule has 7 heteroatoms. The zero-order chi connectivity index (χ0) is 17.8. The number of carbonyl (C=O) groups is 1. The van der Waals surface area contributed by atoms with E-state index >= 15 is 0 Å². The van der Waals surface area contributed by atoms with Gasteiger partial charge in [0.05, 0.1) is 21.8 Å². The highest BCUT2D eigenvalue weighted by molar-refractivity contribution is 6.33. The molecule has 0 bridgehead atoms. The lowest BCUT2D eigenvalue weighted by Crippen LogP contribution is -2.52. The third kappa shape index (κ3) is 2.45. The first kappa shape index (κ1) is 15.9. The minimum Gasteiger partial charge on any atom is -0.373 e. The van der Waals surface area contributed by atoms with Crippen LogP contribution in [0.25, 0.3) is 11.0 Å². The van der Waals surface area contributed by atoms with Crippen LogP contribution in [0.15, 0.2) is 36.4 Å². The maximum absolute atomic E-state index is 12.5. The lowest BCUT2D eigenvalue weighted by Gasteiger charge is -2.37. The number of nitrogens with zero attached hydrogens (tertiary/aromatic N) is 1. The molecule has 1 aromatic heterocycles. The quantitative estimate of drug-likeness (QED) is 0.567. The van der Waals surface area contributed by atoms with Gasteiger partial charge >= 0.3 is 0 Å². The Morgan fingerprint density at radius 2 is 2.00 bits per heavy atom. The summed E-state index contributed by atoms with van der Waals surface area (Å²) in [7, 11) is 0. The topological polar surface area (TPSA) is 90.0 Å². The van der Waals surface area contributed by atoms with E-state index in [1.807, 2.05) is 44.2 Å². The highest BCUT2D eigenvalue weighted by Crippen LogP contribution is 2.36. The zero-order valence-corrected chi connectivity index (χ0v) is 14.5. The van der Waals surface area contributed by atoms with Crippen LogP contribution in [0.1, 0.15) is 29.8 Å². The lowest BCUT2D eigenvalue weighted by atomic mass is 9.77. The van der Waals surface area contributed by atoms with Gasteiger partial charge in [-0.2, -0.15) is 0 Å². The van der Waals surface area contributed by atoms with Gasteiger partial charge in [-0.15, -0.1) is 0 Å². The van der Waals surface area contributed by atoms with Crippen molar-refractivity contribution in [3.63, 3.8) is 0 Å². The minimum absolute atomic E-state index is 0.330. The standard InChI is InChI=1S/C18H17ClN4O2/c1-18(2)9-7-8-12-14(13(9)15(24)23-16(18)25)22-17(21-12)20-11-6-4-3-5-10(11)19/h3-8,16,25H,1-2H3,(H,23,24)(H2,20,21,22). The van der Waals surface area contributed by atoms with E-state index in [-0.39, 0.29) is 5.91 Å². The Bertz CT molecular complexity index is 996. The molecule has 1 amide bonds. The number of aromatic nitrogens is 2. The van der Waals surface area contributed by atoms with Gasteiger partial charge in [-0.3, -0.25) is 4.79 Å². The highest BCUT2D eigenvalue weighted by Gasteiger charge is 2.40. The van der Waals surface area contributed by atoms with E-state index in [4.69, 9.17) is 11.6 Å². The van der Waals surface area contributed by atoms with Crippen molar-refractivity contribution in [2.45, 2.75) is 25.5 Å². The average molecular weight is 357 g/mol. The van der Waals surface area contributed by atoms with Gasteiger partial charge in [0.15, 0.2) is 0 Å². The molecule has 25 heavy (non-hydrogen) atoms. The monoisotopic (exact) mass is 356 g/mol. The second kappa shape index (κ2) is 5.47. The zero-order valence-electron chi connectivity index (χ0n) is 13.7. The number of hydrogen-bond acceptors (Lipinski definition) is 4. The molecule has 1 aliphatic heterocycles. The first-order valence-electron chi connectivity index (χ1n) is 7.91. The molecule has 6 nitrogen and oxygen atoms in total. The Kier molecular flexibility index (Phi) is 3.49. The molecule has 3 aromatic rings. The molecule has 0 aliphatic carbocycles. The van der Waals surface area contributed by atoms with Crippen molar-refractivity contribution in [2.75, 3.05) is 5.32 Å². The third-order valence-electron chi connectivity index (χ3n) is 4.65. The van der Waals surface area contributed by atoms with Crippen LogP contribution >= 0.6 is 11.6 Å². The first-order valence-corrected chi connectivity index (χ1v) is 8.29. The lowest BCUT2D eigenvalue weighted by molar-refractivity contribution is 0.0463. The van der Waals surface area contributed by atoms with Crippen LogP contribution in [0.5, 0.6) is 0 Å². The van der Waals surface area contributed by atoms with E-state index in [1.54, 1.807) is 6.07 Å². The second-order valence-electron chi connectivity index (χ2n) is 6.67. The number of fused-ring (bicyclic) bond motifs is 3. The number of benzene rings is 2. The largest absolute Gasteiger partial charge is 0.373 e. The van der Waals surface area contributed by atoms with Crippen LogP contribution < -0.4 is 10.6 Å². The van der Waals surface area contributed by atoms with E-state index < -0.39 is 11.6 Å². The molecule has 2 heterocycles. The molecule has 2 aromatic carbocycles. The molecule has 1 aliphatic rings. The van der Waals surface area contributed by atoms with Gasteiger partial charge in [0.25, 0.3) is 5.91 Å². The van der Waals surface area contributed by atoms with Crippen molar-refractivity contribution in [1.29, 1.82) is 0 Å². The number of para-hydroxylation sites is 1. The summed E-state index contributed by atoms with van der Waals surface area (Å²) in [5.41, 5.74) is 2.66. The summed E-state index contributed by atoms with van der Waals surface area (Å²) >= 11 is 6.17. The number of H-pyrrole nitrogens is 1. The molecule has 0 fully saturated rings. The number of aliphatic hydroxyl groups excluding tert-OH is 1. The maximum atomic E-state index is 12.5. The van der Waals surface area contributed by atoms with E-state index in [0.717, 1.165) is 16.8 Å². The Balaban J connectivity index is 1.84. The first-order chi connectivity index (χ1) is 11.9. The fraction of sp³-hybridized carbons (Fsp3) is 0.222. The summed E-state index contributed by atoms with van der Waals surface area (Å²) in [6.07, 6.45) is -0.940. The fourth-order valence-electron chi connectivity index (χ4n) is 3.12. The molecule has 1 atom stereocenters. The van der Waals surface area contributed by atoms with Crippen molar-refractivity contribution in [3.05, 3.63) is 52.5 Å². The molecule has 4 rings (SSSR count). The fourth-order valence-corrected chi connectivity index (χ4v) is 3.30. The van der Waals surface area contributed by atoms with Crippen molar-refractivity contribution in [1.82, 2.24) is 15.3 Å². The van der Waals surface area contributed by atoms with Crippen molar-refractivity contribution in [3.8, 4) is 0 Å². The molecular formula is C18H17ClN4O2. The Morgan fingerprint density at radius 1 is 1.24 bits per heavy atom. The van der Waals surface area contributed by atoms with Crippen LogP contribution in [0, 0.1) is 0 Å². The summed E-state index contributed by atoms with van der Waals surface area (Å²) in [4.78, 5) is 20.1. The summed E-state index contributed by atoms with van der Waals surface area (Å²) in [5.74, 6) is 0.163. The van der Waals surface area contributed by atoms with Crippen LogP contribution in [0.3, 0.4) is 0 Å². The molecule has 0 radical (unpaired) electrons. The smallest absolute Gasteiger partial charge is 0.255 e. The van der Waals surface area contributed by atoms with Crippen LogP contribution in [0.2, 0.25) is 5.02 Å². The van der Waals surface area contributed by atoms with Crippen molar-refractivity contribution < 1.29 is 9.90 Å². The molecule has 1 unspecified atom stereocenters. The van der Waals surface area contributed by atoms with Crippen LogP contribution in [-0.2, 0) is 5.41 Å². The normalized spacial score (nSPS) is 18.7. The average Bonchev–Trinajstić information content (AvgIpc) is 2.97. The number of carbonyl (C=O) groups excluding carboxylic acids is 1. The van der Waals surface area contributed by atoms with Gasteiger partial charge in [-0.25, -0.2) is 4.98 Å². The van der Waals surface area contributed by atoms with Gasteiger partial charge in [0.1, 0.15) is 11.7 Å². The number of nitrogens with one attached hydrogen (secondary N) is 3. The number of imidazole rings is 1. The van der Waals surface area contributed by atoms with Gasteiger partial charge in [-0.1, -0.05) is 43.6 Å². The van der Waals surface area contributed by atoms with E-state index in [9.17, 15) is 9.90 Å². The molecule has 0 saturated heterocycles. The van der Waals surface area contributed by atoms with Gasteiger partial charge < -0.3 is 20.7 Å². The number of amides is 1. The number of hydrogen-bond donors (Lipinski definition) is 4. The summed E-state index contributed by atoms with van der Waals surface area (Å²) < 4.78 is 0. The highest BCUT2D eigenvalue weighted by atomic mass is 35.5. The molecule has 128 valence electrons. The van der Waals surface area contributed by atoms with E-state index in [1.165, 1.54) is 0 Å². The van der Waals surface area contributed by atoms with E-state index in [0.29, 0.717) is 22.1 Å². The summed E-state index contributed by atoms with van der Waals surface area (Å²) in [5, 5.41) is 16.5. The summed E-state index contributed by atoms with van der Waals surface area (Å²) in [6.45, 7) is 3.77.